The second-order valence-electron chi connectivity index (χ2n) is 10.0. The minimum Gasteiger partial charge on any atom is -0.398 e. The van der Waals surface area contributed by atoms with Crippen LogP contribution in [0.25, 0.3) is 22.5 Å². The zero-order chi connectivity index (χ0) is 30.5. The van der Waals surface area contributed by atoms with Crippen LogP contribution in [-0.2, 0) is 48.8 Å². The Bertz CT molecular complexity index is 1760. The lowest BCUT2D eigenvalue weighted by atomic mass is 10.1. The Morgan fingerprint density at radius 2 is 1.45 bits per heavy atom. The molecule has 0 aliphatic carbocycles. The summed E-state index contributed by atoms with van der Waals surface area (Å²) in [5.74, 6) is 0. The highest BCUT2D eigenvalue weighted by molar-refractivity contribution is 7.91. The maximum Gasteiger partial charge on any atom is 0.177 e. The molecular formula is C28H36N6O6S2. The van der Waals surface area contributed by atoms with Crippen LogP contribution in [-0.4, -0.2) is 69.2 Å². The second-order valence-corrected chi connectivity index (χ2v) is 14.0. The van der Waals surface area contributed by atoms with Crippen molar-refractivity contribution in [1.82, 2.24) is 19.6 Å². The van der Waals surface area contributed by atoms with Gasteiger partial charge in [-0.2, -0.15) is 10.2 Å². The van der Waals surface area contributed by atoms with E-state index in [1.165, 1.54) is 0 Å². The minimum atomic E-state index is -3.52. The summed E-state index contributed by atoms with van der Waals surface area (Å²) in [4.78, 5) is 0.139. The lowest BCUT2D eigenvalue weighted by molar-refractivity contribution is 0.115. The van der Waals surface area contributed by atoms with Crippen LogP contribution < -0.4 is 11.5 Å². The lowest BCUT2D eigenvalue weighted by Crippen LogP contribution is -2.07. The first-order valence-electron chi connectivity index (χ1n) is 13.2. The van der Waals surface area contributed by atoms with E-state index in [4.69, 9.17) is 26.0 Å². The van der Waals surface area contributed by atoms with Crippen molar-refractivity contribution < 1.29 is 26.3 Å². The van der Waals surface area contributed by atoms with Gasteiger partial charge in [-0.25, -0.2) is 16.8 Å². The summed E-state index contributed by atoms with van der Waals surface area (Å²) in [5.41, 5.74) is 15.7. The van der Waals surface area contributed by atoms with Gasteiger partial charge in [0.2, 0.25) is 0 Å². The third kappa shape index (κ3) is 7.56. The van der Waals surface area contributed by atoms with Crippen molar-refractivity contribution in [3.05, 3.63) is 60.4 Å². The van der Waals surface area contributed by atoms with Gasteiger partial charge < -0.3 is 20.9 Å². The molecule has 0 saturated heterocycles. The number of hydrogen-bond acceptors (Lipinski definition) is 10. The molecule has 4 N–H and O–H groups in total. The summed E-state index contributed by atoms with van der Waals surface area (Å²) in [6, 6.07) is 11.6. The standard InChI is InChI=1S/C28H36N6O6S2/c1-39-14-4-12-33-18-22(28(32-33)21-7-9-24(30)27(17-21)42(3,37)38)19-40-15-5-13-34-25(10-11-31-34)20-6-8-23(29)26(16-20)41(2,35)36/h6-11,16-18H,4-5,12-15,19,29-30H2,1-3H3. The Kier molecular flexibility index (Phi) is 9.71. The quantitative estimate of drug-likeness (QED) is 0.158. The minimum absolute atomic E-state index is 0.0561. The van der Waals surface area contributed by atoms with Crippen molar-refractivity contribution >= 4 is 31.0 Å². The number of anilines is 2. The van der Waals surface area contributed by atoms with E-state index in [9.17, 15) is 16.8 Å². The van der Waals surface area contributed by atoms with Gasteiger partial charge in [-0.15, -0.1) is 0 Å². The molecule has 12 nitrogen and oxygen atoms in total. The topological polar surface area (TPSA) is 174 Å². The van der Waals surface area contributed by atoms with E-state index in [2.05, 4.69) is 5.10 Å². The highest BCUT2D eigenvalue weighted by Crippen LogP contribution is 2.29. The molecule has 2 heterocycles. The zero-order valence-corrected chi connectivity index (χ0v) is 25.5. The number of nitrogens with zero attached hydrogens (tertiary/aromatic N) is 4. The molecule has 2 aromatic heterocycles. The molecule has 4 aromatic rings. The van der Waals surface area contributed by atoms with E-state index in [0.717, 1.165) is 30.2 Å². The molecule has 42 heavy (non-hydrogen) atoms. The largest absolute Gasteiger partial charge is 0.398 e. The predicted molar refractivity (Wildman–Crippen MR) is 161 cm³/mol. The average molecular weight is 617 g/mol. The third-order valence-corrected chi connectivity index (χ3v) is 8.91. The van der Waals surface area contributed by atoms with E-state index >= 15 is 0 Å². The van der Waals surface area contributed by atoms with Crippen LogP contribution in [0.15, 0.2) is 64.6 Å². The SMILES string of the molecule is COCCCn1cc(COCCCn2nccc2-c2ccc(N)c(S(C)(=O)=O)c2)c(-c2ccc(N)c(S(C)(=O)=O)c2)n1. The Labute approximate surface area is 246 Å². The number of ether oxygens (including phenoxy) is 2. The molecule has 4 rings (SSSR count). The van der Waals surface area contributed by atoms with Crippen LogP contribution in [0.4, 0.5) is 11.4 Å². The Morgan fingerprint density at radius 3 is 2.10 bits per heavy atom. The maximum atomic E-state index is 12.2. The Balaban J connectivity index is 1.45. The Hall–Kier alpha value is -3.72. The highest BCUT2D eigenvalue weighted by atomic mass is 32.2. The van der Waals surface area contributed by atoms with Crippen molar-refractivity contribution in [2.75, 3.05) is 44.3 Å². The number of hydrogen-bond donors (Lipinski definition) is 2. The number of nitrogen functional groups attached to an aromatic ring is 2. The van der Waals surface area contributed by atoms with Gasteiger partial charge >= 0.3 is 0 Å². The summed E-state index contributed by atoms with van der Waals surface area (Å²) in [7, 11) is -5.35. The van der Waals surface area contributed by atoms with E-state index < -0.39 is 19.7 Å². The normalized spacial score (nSPS) is 12.2. The molecule has 0 aliphatic rings. The van der Waals surface area contributed by atoms with Crippen molar-refractivity contribution in [3.8, 4) is 22.5 Å². The fourth-order valence-electron chi connectivity index (χ4n) is 4.57. The zero-order valence-electron chi connectivity index (χ0n) is 23.9. The van der Waals surface area contributed by atoms with Crippen molar-refractivity contribution in [3.63, 3.8) is 0 Å². The summed E-state index contributed by atoms with van der Waals surface area (Å²) in [6.45, 7) is 2.44. The van der Waals surface area contributed by atoms with Gasteiger partial charge in [-0.3, -0.25) is 9.36 Å². The molecule has 0 bridgehead atoms. The summed E-state index contributed by atoms with van der Waals surface area (Å²) >= 11 is 0. The molecule has 0 spiro atoms. The molecule has 226 valence electrons. The number of benzene rings is 2. The summed E-state index contributed by atoms with van der Waals surface area (Å²) in [5, 5.41) is 9.09. The van der Waals surface area contributed by atoms with Crippen molar-refractivity contribution in [2.24, 2.45) is 0 Å². The first-order chi connectivity index (χ1) is 19.9. The molecule has 0 fully saturated rings. The second kappa shape index (κ2) is 13.1. The molecule has 0 radical (unpaired) electrons. The van der Waals surface area contributed by atoms with Gasteiger partial charge in [0.15, 0.2) is 19.7 Å². The van der Waals surface area contributed by atoms with E-state index in [0.29, 0.717) is 49.5 Å². The van der Waals surface area contributed by atoms with Crippen LogP contribution in [0.3, 0.4) is 0 Å². The number of rotatable bonds is 14. The molecule has 0 aliphatic heterocycles. The third-order valence-electron chi connectivity index (χ3n) is 6.60. The Morgan fingerprint density at radius 1 is 0.833 bits per heavy atom. The van der Waals surface area contributed by atoms with Crippen LogP contribution in [0.1, 0.15) is 18.4 Å². The number of aryl methyl sites for hydroxylation is 2. The van der Waals surface area contributed by atoms with Gasteiger partial charge in [-0.1, -0.05) is 12.1 Å². The average Bonchev–Trinajstić information content (AvgIpc) is 3.55. The highest BCUT2D eigenvalue weighted by Gasteiger charge is 2.18. The van der Waals surface area contributed by atoms with E-state index in [1.54, 1.807) is 59.1 Å². The number of methoxy groups -OCH3 is 1. The van der Waals surface area contributed by atoms with Gasteiger partial charge in [0.05, 0.1) is 39.2 Å². The van der Waals surface area contributed by atoms with E-state index in [1.807, 2.05) is 12.3 Å². The predicted octanol–water partition coefficient (Wildman–Crippen LogP) is 3.03. The van der Waals surface area contributed by atoms with Crippen LogP contribution in [0, 0.1) is 0 Å². The van der Waals surface area contributed by atoms with Crippen molar-refractivity contribution in [2.45, 2.75) is 42.3 Å². The first kappa shape index (κ1) is 31.2. The van der Waals surface area contributed by atoms with Gasteiger partial charge in [-0.05, 0) is 43.2 Å². The maximum absolute atomic E-state index is 12.2. The molecular weight excluding hydrogens is 580 g/mol. The lowest BCUT2D eigenvalue weighted by Gasteiger charge is -2.11. The van der Waals surface area contributed by atoms with Crippen LogP contribution >= 0.6 is 0 Å². The van der Waals surface area contributed by atoms with Crippen molar-refractivity contribution in [1.29, 1.82) is 0 Å². The molecule has 0 amide bonds. The van der Waals surface area contributed by atoms with E-state index in [-0.39, 0.29) is 27.8 Å². The molecule has 0 saturated carbocycles. The molecule has 2 aromatic carbocycles. The number of nitrogens with two attached hydrogens (primary N) is 2. The smallest absolute Gasteiger partial charge is 0.177 e. The van der Waals surface area contributed by atoms with Gasteiger partial charge in [0.25, 0.3) is 0 Å². The number of aromatic nitrogens is 4. The van der Waals surface area contributed by atoms with Gasteiger partial charge in [0, 0.05) is 75.0 Å². The number of sulfone groups is 2. The molecule has 0 unspecified atom stereocenters. The van der Waals surface area contributed by atoms with Gasteiger partial charge in [0.1, 0.15) is 0 Å². The molecule has 0 atom stereocenters. The molecule has 14 heteroatoms. The fourth-order valence-corrected chi connectivity index (χ4v) is 6.24. The summed E-state index contributed by atoms with van der Waals surface area (Å²) < 4.78 is 63.5. The fraction of sp³-hybridized carbons (Fsp3) is 0.357. The van der Waals surface area contributed by atoms with Crippen LogP contribution in [0.5, 0.6) is 0 Å². The monoisotopic (exact) mass is 616 g/mol. The van der Waals surface area contributed by atoms with Crippen LogP contribution in [0.2, 0.25) is 0 Å². The first-order valence-corrected chi connectivity index (χ1v) is 17.0. The summed E-state index contributed by atoms with van der Waals surface area (Å²) in [6.07, 6.45) is 7.21.